The Kier molecular flexibility index (Phi) is 5.22. The molecule has 1 aliphatic heterocycles. The molecule has 4 rings (SSSR count). The van der Waals surface area contributed by atoms with Crippen LogP contribution in [0.15, 0.2) is 78.9 Å². The lowest BCUT2D eigenvalue weighted by atomic mass is 9.91. The Hall–Kier alpha value is -2.98. The summed E-state index contributed by atoms with van der Waals surface area (Å²) in [6, 6.07) is 25.5. The highest BCUT2D eigenvalue weighted by Gasteiger charge is 2.33. The van der Waals surface area contributed by atoms with Crippen molar-refractivity contribution >= 4 is 34.7 Å². The van der Waals surface area contributed by atoms with Gasteiger partial charge in [-0.1, -0.05) is 54.1 Å². The van der Waals surface area contributed by atoms with Crippen LogP contribution in [0.3, 0.4) is 0 Å². The van der Waals surface area contributed by atoms with Gasteiger partial charge >= 0.3 is 6.03 Å². The first kappa shape index (κ1) is 18.4. The van der Waals surface area contributed by atoms with Gasteiger partial charge in [-0.25, -0.2) is 4.79 Å². The molecule has 1 heterocycles. The van der Waals surface area contributed by atoms with Crippen LogP contribution in [0.5, 0.6) is 0 Å². The Morgan fingerprint density at radius 2 is 1.68 bits per heavy atom. The van der Waals surface area contributed by atoms with Crippen molar-refractivity contribution in [3.8, 4) is 0 Å². The summed E-state index contributed by atoms with van der Waals surface area (Å²) in [6.07, 6.45) is 0.814. The Morgan fingerprint density at radius 1 is 0.964 bits per heavy atom. The second-order valence-corrected chi connectivity index (χ2v) is 7.45. The van der Waals surface area contributed by atoms with Gasteiger partial charge < -0.3 is 10.6 Å². The molecule has 142 valence electrons. The van der Waals surface area contributed by atoms with Crippen molar-refractivity contribution in [2.75, 3.05) is 15.5 Å². The van der Waals surface area contributed by atoms with Crippen molar-refractivity contribution < 1.29 is 4.79 Å². The van der Waals surface area contributed by atoms with E-state index in [4.69, 9.17) is 11.6 Å². The molecule has 1 aliphatic rings. The molecule has 0 aromatic heterocycles. The smallest absolute Gasteiger partial charge is 0.326 e. The molecule has 4 nitrogen and oxygen atoms in total. The zero-order valence-corrected chi connectivity index (χ0v) is 16.4. The maximum absolute atomic E-state index is 13.1. The van der Waals surface area contributed by atoms with Crippen molar-refractivity contribution in [3.05, 3.63) is 89.4 Å². The van der Waals surface area contributed by atoms with Gasteiger partial charge in [0.15, 0.2) is 0 Å². The lowest BCUT2D eigenvalue weighted by Gasteiger charge is -2.39. The van der Waals surface area contributed by atoms with E-state index in [-0.39, 0.29) is 18.1 Å². The van der Waals surface area contributed by atoms with E-state index in [1.165, 1.54) is 0 Å². The molecule has 3 aromatic rings. The van der Waals surface area contributed by atoms with Crippen molar-refractivity contribution in [3.63, 3.8) is 0 Å². The van der Waals surface area contributed by atoms with E-state index in [1.54, 1.807) is 12.1 Å². The summed E-state index contributed by atoms with van der Waals surface area (Å²) in [7, 11) is 0. The van der Waals surface area contributed by atoms with Gasteiger partial charge in [0.1, 0.15) is 0 Å². The van der Waals surface area contributed by atoms with E-state index < -0.39 is 0 Å². The van der Waals surface area contributed by atoms with E-state index in [0.29, 0.717) is 10.7 Å². The molecule has 3 aromatic carbocycles. The van der Waals surface area contributed by atoms with Gasteiger partial charge in [0, 0.05) is 22.4 Å². The Morgan fingerprint density at radius 3 is 2.46 bits per heavy atom. The molecule has 0 saturated heterocycles. The highest BCUT2D eigenvalue weighted by Crippen LogP contribution is 2.39. The molecule has 5 heteroatoms. The summed E-state index contributed by atoms with van der Waals surface area (Å²) in [5, 5.41) is 7.17. The fourth-order valence-electron chi connectivity index (χ4n) is 3.74. The zero-order valence-electron chi connectivity index (χ0n) is 15.6. The lowest BCUT2D eigenvalue weighted by Crippen LogP contribution is -2.46. The third-order valence-corrected chi connectivity index (χ3v) is 5.23. The number of fused-ring (bicyclic) bond motifs is 1. The maximum Gasteiger partial charge on any atom is 0.326 e. The molecule has 0 radical (unpaired) electrons. The standard InChI is InChI=1S/C23H22ClN3O/c1-16-14-21(25-18-9-3-2-4-10-18)20-12-5-6-13-22(20)27(16)23(28)26-19-11-7-8-17(24)15-19/h2-13,15-16,21,25H,14H2,1H3,(H,26,28)/t16-,21+/m1/s1. The average Bonchev–Trinajstić information content (AvgIpc) is 2.69. The first-order valence-electron chi connectivity index (χ1n) is 9.38. The number of carbonyl (C=O) groups is 1. The second-order valence-electron chi connectivity index (χ2n) is 7.02. The van der Waals surface area contributed by atoms with E-state index >= 15 is 0 Å². The third-order valence-electron chi connectivity index (χ3n) is 5.00. The molecule has 0 saturated carbocycles. The number of nitrogens with one attached hydrogen (secondary N) is 2. The number of rotatable bonds is 3. The van der Waals surface area contributed by atoms with E-state index in [2.05, 4.69) is 35.8 Å². The predicted molar refractivity (Wildman–Crippen MR) is 116 cm³/mol. The molecular formula is C23H22ClN3O. The van der Waals surface area contributed by atoms with Gasteiger partial charge in [0.25, 0.3) is 0 Å². The third kappa shape index (κ3) is 3.82. The molecule has 2 N–H and O–H groups in total. The fraction of sp³-hybridized carbons (Fsp3) is 0.174. The number of urea groups is 1. The number of hydrogen-bond acceptors (Lipinski definition) is 2. The SMILES string of the molecule is C[C@@H]1C[C@H](Nc2ccccc2)c2ccccc2N1C(=O)Nc1cccc(Cl)c1. The Bertz CT molecular complexity index is 976. The van der Waals surface area contributed by atoms with Gasteiger partial charge in [-0.15, -0.1) is 0 Å². The number of anilines is 3. The van der Waals surface area contributed by atoms with Crippen LogP contribution in [0.2, 0.25) is 5.02 Å². The molecule has 0 aliphatic carbocycles. The van der Waals surface area contributed by atoms with Gasteiger partial charge in [-0.3, -0.25) is 4.90 Å². The largest absolute Gasteiger partial charge is 0.378 e. The number of hydrogen-bond donors (Lipinski definition) is 2. The molecule has 2 amide bonds. The molecule has 0 spiro atoms. The van der Waals surface area contributed by atoms with Crippen LogP contribution in [0, 0.1) is 0 Å². The van der Waals surface area contributed by atoms with Crippen LogP contribution in [-0.4, -0.2) is 12.1 Å². The van der Waals surface area contributed by atoms with E-state index in [0.717, 1.165) is 23.4 Å². The van der Waals surface area contributed by atoms with Crippen molar-refractivity contribution in [1.82, 2.24) is 0 Å². The van der Waals surface area contributed by atoms with Gasteiger partial charge in [-0.2, -0.15) is 0 Å². The summed E-state index contributed by atoms with van der Waals surface area (Å²) in [6.45, 7) is 2.08. The fourth-order valence-corrected chi connectivity index (χ4v) is 3.93. The van der Waals surface area contributed by atoms with Crippen LogP contribution in [0.4, 0.5) is 21.9 Å². The average molecular weight is 392 g/mol. The minimum absolute atomic E-state index is 0.0373. The summed E-state index contributed by atoms with van der Waals surface area (Å²) in [4.78, 5) is 14.9. The highest BCUT2D eigenvalue weighted by molar-refractivity contribution is 6.30. The molecule has 0 fully saturated rings. The number of para-hydroxylation sites is 2. The van der Waals surface area contributed by atoms with Crippen LogP contribution < -0.4 is 15.5 Å². The van der Waals surface area contributed by atoms with Crippen molar-refractivity contribution in [2.24, 2.45) is 0 Å². The second kappa shape index (κ2) is 7.95. The number of amides is 2. The number of halogens is 1. The molecule has 2 atom stereocenters. The van der Waals surface area contributed by atoms with Crippen LogP contribution >= 0.6 is 11.6 Å². The van der Waals surface area contributed by atoms with Gasteiger partial charge in [0.2, 0.25) is 0 Å². The normalized spacial score (nSPS) is 18.3. The maximum atomic E-state index is 13.1. The van der Waals surface area contributed by atoms with E-state index in [9.17, 15) is 4.79 Å². The highest BCUT2D eigenvalue weighted by atomic mass is 35.5. The molecular weight excluding hydrogens is 370 g/mol. The Balaban J connectivity index is 1.61. The zero-order chi connectivity index (χ0) is 19.5. The topological polar surface area (TPSA) is 44.4 Å². The number of nitrogens with zero attached hydrogens (tertiary/aromatic N) is 1. The van der Waals surface area contributed by atoms with Crippen LogP contribution in [0.1, 0.15) is 24.9 Å². The summed E-state index contributed by atoms with van der Waals surface area (Å²) >= 11 is 6.05. The van der Waals surface area contributed by atoms with Gasteiger partial charge in [-0.05, 0) is 55.3 Å². The predicted octanol–water partition coefficient (Wildman–Crippen LogP) is 6.32. The Labute approximate surface area is 170 Å². The summed E-state index contributed by atoms with van der Waals surface area (Å²) < 4.78 is 0. The van der Waals surface area contributed by atoms with E-state index in [1.807, 2.05) is 53.4 Å². The van der Waals surface area contributed by atoms with Crippen LogP contribution in [-0.2, 0) is 0 Å². The summed E-state index contributed by atoms with van der Waals surface area (Å²) in [5.74, 6) is 0. The first-order valence-corrected chi connectivity index (χ1v) is 9.76. The van der Waals surface area contributed by atoms with Crippen molar-refractivity contribution in [2.45, 2.75) is 25.4 Å². The minimum atomic E-state index is -0.152. The molecule has 0 unspecified atom stereocenters. The molecule has 28 heavy (non-hydrogen) atoms. The summed E-state index contributed by atoms with van der Waals surface area (Å²) in [5.41, 5.74) is 3.80. The molecule has 0 bridgehead atoms. The van der Waals surface area contributed by atoms with Gasteiger partial charge in [0.05, 0.1) is 11.7 Å². The quantitative estimate of drug-likeness (QED) is 0.548. The first-order chi connectivity index (χ1) is 13.6. The minimum Gasteiger partial charge on any atom is -0.378 e. The monoisotopic (exact) mass is 391 g/mol. The number of benzene rings is 3. The lowest BCUT2D eigenvalue weighted by molar-refractivity contribution is 0.254. The number of carbonyl (C=O) groups excluding carboxylic acids is 1. The van der Waals surface area contributed by atoms with Crippen LogP contribution in [0.25, 0.3) is 0 Å². The van der Waals surface area contributed by atoms with Crippen molar-refractivity contribution in [1.29, 1.82) is 0 Å².